The lowest BCUT2D eigenvalue weighted by Crippen LogP contribution is -2.40. The predicted octanol–water partition coefficient (Wildman–Crippen LogP) is 0.283. The summed E-state index contributed by atoms with van der Waals surface area (Å²) in [7, 11) is 0. The number of hydrogen-bond acceptors (Lipinski definition) is 3. The summed E-state index contributed by atoms with van der Waals surface area (Å²) < 4.78 is 0. The van der Waals surface area contributed by atoms with Gasteiger partial charge in [0.05, 0.1) is 6.04 Å². The molecule has 0 aliphatic heterocycles. The van der Waals surface area contributed by atoms with Crippen LogP contribution >= 0.6 is 0 Å². The van der Waals surface area contributed by atoms with E-state index in [2.05, 4.69) is 10.6 Å². The van der Waals surface area contributed by atoms with Crippen LogP contribution in [0.25, 0.3) is 0 Å². The first-order chi connectivity index (χ1) is 9.59. The van der Waals surface area contributed by atoms with Gasteiger partial charge in [0, 0.05) is 13.1 Å². The molecule has 0 saturated carbocycles. The molecule has 1 rings (SSSR count). The molecule has 0 radical (unpaired) electrons. The molecule has 0 fully saturated rings. The largest absolute Gasteiger partial charge is 0.370 e. The second-order valence-corrected chi connectivity index (χ2v) is 4.65. The molecule has 0 aliphatic rings. The summed E-state index contributed by atoms with van der Waals surface area (Å²) in [6.07, 6.45) is 2.28. The molecule has 6 nitrogen and oxygen atoms in total. The number of unbranched alkanes of at least 4 members (excludes halogenated alkanes) is 1. The molecular weight excluding hydrogens is 254 g/mol. The Bertz CT molecular complexity index is 421. The summed E-state index contributed by atoms with van der Waals surface area (Å²) in [5.74, 6) is -0.164. The Kier molecular flexibility index (Phi) is 7.13. The van der Waals surface area contributed by atoms with Crippen LogP contribution in [0.1, 0.15) is 24.8 Å². The van der Waals surface area contributed by atoms with Gasteiger partial charge in [-0.1, -0.05) is 30.3 Å². The van der Waals surface area contributed by atoms with Crippen LogP contribution in [0.15, 0.2) is 30.3 Å². The molecule has 1 aromatic carbocycles. The van der Waals surface area contributed by atoms with Gasteiger partial charge in [-0.3, -0.25) is 10.2 Å². The number of nitrogens with one attached hydrogen (secondary N) is 3. The topological polar surface area (TPSA) is 117 Å². The SMILES string of the molecule is N=C(N)NCCCC[C@@H](N)C(=O)NCc1ccccc1. The third kappa shape index (κ3) is 6.75. The molecule has 7 N–H and O–H groups in total. The van der Waals surface area contributed by atoms with Crippen LogP contribution in [0.4, 0.5) is 0 Å². The van der Waals surface area contributed by atoms with E-state index in [-0.39, 0.29) is 11.9 Å². The van der Waals surface area contributed by atoms with E-state index in [0.717, 1.165) is 18.4 Å². The number of rotatable bonds is 8. The molecular formula is C14H23N5O. The highest BCUT2D eigenvalue weighted by atomic mass is 16.2. The first-order valence-corrected chi connectivity index (χ1v) is 6.74. The van der Waals surface area contributed by atoms with Gasteiger partial charge >= 0.3 is 0 Å². The average molecular weight is 277 g/mol. The zero-order valence-electron chi connectivity index (χ0n) is 11.6. The summed E-state index contributed by atoms with van der Waals surface area (Å²) in [6, 6.07) is 9.23. The molecule has 0 spiro atoms. The predicted molar refractivity (Wildman–Crippen MR) is 80.0 cm³/mol. The highest BCUT2D eigenvalue weighted by molar-refractivity contribution is 5.81. The lowest BCUT2D eigenvalue weighted by atomic mass is 10.1. The van der Waals surface area contributed by atoms with Gasteiger partial charge in [0.25, 0.3) is 0 Å². The Morgan fingerprint density at radius 1 is 1.20 bits per heavy atom. The normalized spacial score (nSPS) is 11.7. The minimum atomic E-state index is -0.490. The van der Waals surface area contributed by atoms with E-state index >= 15 is 0 Å². The number of hydrogen-bond donors (Lipinski definition) is 5. The zero-order valence-corrected chi connectivity index (χ0v) is 11.6. The van der Waals surface area contributed by atoms with E-state index in [0.29, 0.717) is 19.5 Å². The Morgan fingerprint density at radius 3 is 2.55 bits per heavy atom. The monoisotopic (exact) mass is 277 g/mol. The molecule has 110 valence electrons. The third-order valence-corrected chi connectivity index (χ3v) is 2.90. The van der Waals surface area contributed by atoms with E-state index < -0.39 is 6.04 Å². The van der Waals surface area contributed by atoms with Gasteiger partial charge in [-0.05, 0) is 24.8 Å². The van der Waals surface area contributed by atoms with Gasteiger partial charge in [0.15, 0.2) is 5.96 Å². The molecule has 6 heteroatoms. The minimum Gasteiger partial charge on any atom is -0.370 e. The van der Waals surface area contributed by atoms with E-state index in [1.165, 1.54) is 0 Å². The molecule has 0 unspecified atom stereocenters. The van der Waals surface area contributed by atoms with Crippen LogP contribution in [-0.4, -0.2) is 24.5 Å². The summed E-state index contributed by atoms with van der Waals surface area (Å²) >= 11 is 0. The maximum Gasteiger partial charge on any atom is 0.237 e. The fourth-order valence-corrected chi connectivity index (χ4v) is 1.76. The van der Waals surface area contributed by atoms with Crippen molar-refractivity contribution in [3.63, 3.8) is 0 Å². The van der Waals surface area contributed by atoms with Gasteiger partial charge < -0.3 is 22.1 Å². The smallest absolute Gasteiger partial charge is 0.237 e. The summed E-state index contributed by atoms with van der Waals surface area (Å²) in [4.78, 5) is 11.8. The fraction of sp³-hybridized carbons (Fsp3) is 0.429. The van der Waals surface area contributed by atoms with Crippen LogP contribution in [0.5, 0.6) is 0 Å². The highest BCUT2D eigenvalue weighted by Crippen LogP contribution is 2.00. The number of carbonyl (C=O) groups is 1. The number of carbonyl (C=O) groups excluding carboxylic acids is 1. The Morgan fingerprint density at radius 2 is 1.90 bits per heavy atom. The van der Waals surface area contributed by atoms with Crippen molar-refractivity contribution >= 4 is 11.9 Å². The summed E-state index contributed by atoms with van der Waals surface area (Å²) in [6.45, 7) is 1.13. The van der Waals surface area contributed by atoms with Crippen molar-refractivity contribution in [2.45, 2.75) is 31.8 Å². The van der Waals surface area contributed by atoms with Crippen molar-refractivity contribution in [1.29, 1.82) is 5.41 Å². The van der Waals surface area contributed by atoms with Gasteiger partial charge in [0.1, 0.15) is 0 Å². The molecule has 0 aromatic heterocycles. The fourth-order valence-electron chi connectivity index (χ4n) is 1.76. The molecule has 1 amide bonds. The first kappa shape index (κ1) is 16.0. The molecule has 1 aromatic rings. The van der Waals surface area contributed by atoms with Crippen LogP contribution in [0, 0.1) is 5.41 Å². The average Bonchev–Trinajstić information content (AvgIpc) is 2.45. The number of guanidine groups is 1. The van der Waals surface area contributed by atoms with Gasteiger partial charge in [-0.15, -0.1) is 0 Å². The Balaban J connectivity index is 2.14. The maximum atomic E-state index is 11.8. The molecule has 0 aliphatic carbocycles. The second kappa shape index (κ2) is 8.92. The number of benzene rings is 1. The van der Waals surface area contributed by atoms with Crippen molar-refractivity contribution in [3.8, 4) is 0 Å². The van der Waals surface area contributed by atoms with Crippen molar-refractivity contribution in [2.75, 3.05) is 6.54 Å². The zero-order chi connectivity index (χ0) is 14.8. The van der Waals surface area contributed by atoms with Crippen LogP contribution in [-0.2, 0) is 11.3 Å². The molecule has 0 saturated heterocycles. The van der Waals surface area contributed by atoms with Crippen LogP contribution in [0.3, 0.4) is 0 Å². The summed E-state index contributed by atoms with van der Waals surface area (Å²) in [5.41, 5.74) is 12.0. The minimum absolute atomic E-state index is 0.0325. The Hall–Kier alpha value is -2.08. The van der Waals surface area contributed by atoms with Crippen molar-refractivity contribution in [1.82, 2.24) is 10.6 Å². The van der Waals surface area contributed by atoms with Crippen molar-refractivity contribution in [3.05, 3.63) is 35.9 Å². The van der Waals surface area contributed by atoms with E-state index in [1.807, 2.05) is 30.3 Å². The molecule has 0 heterocycles. The van der Waals surface area contributed by atoms with E-state index in [9.17, 15) is 4.79 Å². The number of amides is 1. The molecule has 0 bridgehead atoms. The lowest BCUT2D eigenvalue weighted by molar-refractivity contribution is -0.122. The van der Waals surface area contributed by atoms with Crippen molar-refractivity contribution < 1.29 is 4.79 Å². The second-order valence-electron chi connectivity index (χ2n) is 4.65. The standard InChI is InChI=1S/C14H23N5O/c15-12(8-4-5-9-18-14(16)17)13(20)19-10-11-6-2-1-3-7-11/h1-3,6-7,12H,4-5,8-10,15H2,(H,19,20)(H4,16,17,18)/t12-/m1/s1. The quantitative estimate of drug-likeness (QED) is 0.266. The van der Waals surface area contributed by atoms with Crippen LogP contribution in [0.2, 0.25) is 0 Å². The molecule has 20 heavy (non-hydrogen) atoms. The van der Waals surface area contributed by atoms with E-state index in [1.54, 1.807) is 0 Å². The van der Waals surface area contributed by atoms with Crippen molar-refractivity contribution in [2.24, 2.45) is 11.5 Å². The molecule has 1 atom stereocenters. The van der Waals surface area contributed by atoms with Crippen LogP contribution < -0.4 is 22.1 Å². The van der Waals surface area contributed by atoms with Gasteiger partial charge in [0.2, 0.25) is 5.91 Å². The van der Waals surface area contributed by atoms with E-state index in [4.69, 9.17) is 16.9 Å². The highest BCUT2D eigenvalue weighted by Gasteiger charge is 2.12. The lowest BCUT2D eigenvalue weighted by Gasteiger charge is -2.12. The van der Waals surface area contributed by atoms with Gasteiger partial charge in [-0.25, -0.2) is 0 Å². The third-order valence-electron chi connectivity index (χ3n) is 2.90. The summed E-state index contributed by atoms with van der Waals surface area (Å²) in [5, 5.41) is 12.5. The van der Waals surface area contributed by atoms with Gasteiger partial charge in [-0.2, -0.15) is 0 Å². The maximum absolute atomic E-state index is 11.8. The Labute approximate surface area is 119 Å². The number of nitrogens with two attached hydrogens (primary N) is 2. The first-order valence-electron chi connectivity index (χ1n) is 6.74.